The third-order valence-corrected chi connectivity index (χ3v) is 5.98. The van der Waals surface area contributed by atoms with Crippen molar-refractivity contribution in [2.75, 3.05) is 17.7 Å². The average molecular weight is 508 g/mol. The maximum atomic E-state index is 13.2. The normalized spacial score (nSPS) is 10.6. The zero-order valence-corrected chi connectivity index (χ0v) is 20.0. The van der Waals surface area contributed by atoms with Crippen LogP contribution in [0.5, 0.6) is 0 Å². The minimum Gasteiger partial charge on any atom is -0.469 e. The first-order valence-electron chi connectivity index (χ1n) is 10.5. The molecule has 3 aromatic carbocycles. The molecule has 176 valence electrons. The Bertz CT molecular complexity index is 1440. The van der Waals surface area contributed by atoms with Gasteiger partial charge in [0.05, 0.1) is 23.6 Å². The van der Waals surface area contributed by atoms with E-state index in [9.17, 15) is 14.4 Å². The van der Waals surface area contributed by atoms with Gasteiger partial charge in [0.1, 0.15) is 5.69 Å². The SMILES string of the molecule is COC(=O)Cc1cnc(C(=O)c2ccc(NC(=O)Nc3ccc(Cl)c(Cl)c3)cc2)c2ccccc12. The Morgan fingerprint density at radius 3 is 2.20 bits per heavy atom. The van der Waals surface area contributed by atoms with E-state index in [-0.39, 0.29) is 23.9 Å². The molecule has 0 spiro atoms. The second-order valence-electron chi connectivity index (χ2n) is 7.55. The van der Waals surface area contributed by atoms with Crippen LogP contribution in [0.25, 0.3) is 10.8 Å². The number of rotatable bonds is 6. The van der Waals surface area contributed by atoms with Crippen molar-refractivity contribution in [3.8, 4) is 0 Å². The molecule has 2 amide bonds. The first-order chi connectivity index (χ1) is 16.9. The molecule has 0 aliphatic carbocycles. The molecule has 0 aliphatic rings. The lowest BCUT2D eigenvalue weighted by Crippen LogP contribution is -2.19. The molecule has 4 aromatic rings. The molecule has 0 aliphatic heterocycles. The Morgan fingerprint density at radius 1 is 0.857 bits per heavy atom. The van der Waals surface area contributed by atoms with Gasteiger partial charge in [-0.15, -0.1) is 0 Å². The van der Waals surface area contributed by atoms with Crippen molar-refractivity contribution < 1.29 is 19.1 Å². The maximum Gasteiger partial charge on any atom is 0.323 e. The van der Waals surface area contributed by atoms with Crippen LogP contribution in [0.3, 0.4) is 0 Å². The van der Waals surface area contributed by atoms with Gasteiger partial charge in [-0.05, 0) is 53.4 Å². The molecule has 1 aromatic heterocycles. The van der Waals surface area contributed by atoms with E-state index in [1.165, 1.54) is 13.3 Å². The second-order valence-corrected chi connectivity index (χ2v) is 8.36. The molecular formula is C26H19Cl2N3O4. The largest absolute Gasteiger partial charge is 0.469 e. The summed E-state index contributed by atoms with van der Waals surface area (Å²) in [7, 11) is 1.32. The van der Waals surface area contributed by atoms with E-state index in [1.54, 1.807) is 48.5 Å². The lowest BCUT2D eigenvalue weighted by molar-refractivity contribution is -0.139. The number of ketones is 1. The van der Waals surface area contributed by atoms with Gasteiger partial charge in [-0.1, -0.05) is 47.5 Å². The lowest BCUT2D eigenvalue weighted by atomic mass is 9.98. The first kappa shape index (κ1) is 24.2. The number of ether oxygens (including phenoxy) is 1. The van der Waals surface area contributed by atoms with E-state index in [0.29, 0.717) is 37.9 Å². The number of benzene rings is 3. The number of pyridine rings is 1. The monoisotopic (exact) mass is 507 g/mol. The zero-order valence-electron chi connectivity index (χ0n) is 18.5. The topological polar surface area (TPSA) is 97.4 Å². The molecule has 0 radical (unpaired) electrons. The van der Waals surface area contributed by atoms with Crippen LogP contribution in [0.2, 0.25) is 10.0 Å². The van der Waals surface area contributed by atoms with Crippen LogP contribution >= 0.6 is 23.2 Å². The molecule has 1 heterocycles. The fraction of sp³-hybridized carbons (Fsp3) is 0.0769. The van der Waals surface area contributed by atoms with Crippen LogP contribution in [0.15, 0.2) is 72.9 Å². The summed E-state index contributed by atoms with van der Waals surface area (Å²) < 4.78 is 4.75. The quantitative estimate of drug-likeness (QED) is 0.241. The van der Waals surface area contributed by atoms with Crippen LogP contribution in [-0.4, -0.2) is 29.9 Å². The third kappa shape index (κ3) is 5.59. The van der Waals surface area contributed by atoms with Gasteiger partial charge in [-0.25, -0.2) is 4.79 Å². The van der Waals surface area contributed by atoms with Crippen LogP contribution in [-0.2, 0) is 16.0 Å². The molecule has 0 bridgehead atoms. The smallest absolute Gasteiger partial charge is 0.323 e. The van der Waals surface area contributed by atoms with Crippen molar-refractivity contribution in [2.24, 2.45) is 0 Å². The minimum absolute atomic E-state index is 0.0587. The van der Waals surface area contributed by atoms with Crippen molar-refractivity contribution in [1.29, 1.82) is 0 Å². The Balaban J connectivity index is 1.51. The number of methoxy groups -OCH3 is 1. The number of fused-ring (bicyclic) bond motifs is 1. The summed E-state index contributed by atoms with van der Waals surface area (Å²) in [6.45, 7) is 0. The fourth-order valence-corrected chi connectivity index (χ4v) is 3.81. The molecule has 0 fully saturated rings. The number of aromatic nitrogens is 1. The number of carbonyl (C=O) groups excluding carboxylic acids is 3. The molecule has 2 N–H and O–H groups in total. The number of hydrogen-bond donors (Lipinski definition) is 2. The number of nitrogens with one attached hydrogen (secondary N) is 2. The number of amides is 2. The third-order valence-electron chi connectivity index (χ3n) is 5.24. The Kier molecular flexibility index (Phi) is 7.29. The van der Waals surface area contributed by atoms with Gasteiger partial charge in [0.15, 0.2) is 0 Å². The Hall–Kier alpha value is -3.94. The molecular weight excluding hydrogens is 489 g/mol. The van der Waals surface area contributed by atoms with E-state index < -0.39 is 6.03 Å². The summed E-state index contributed by atoms with van der Waals surface area (Å²) in [5.41, 5.74) is 2.32. The Labute approximate surface area is 211 Å². The van der Waals surface area contributed by atoms with E-state index in [0.717, 1.165) is 5.39 Å². The number of carbonyl (C=O) groups is 3. The summed E-state index contributed by atoms with van der Waals surface area (Å²) in [5, 5.41) is 7.47. The van der Waals surface area contributed by atoms with Crippen molar-refractivity contribution in [2.45, 2.75) is 6.42 Å². The van der Waals surface area contributed by atoms with E-state index in [1.807, 2.05) is 18.2 Å². The van der Waals surface area contributed by atoms with Crippen LogP contribution < -0.4 is 10.6 Å². The van der Waals surface area contributed by atoms with Crippen molar-refractivity contribution >= 4 is 63.1 Å². The lowest BCUT2D eigenvalue weighted by Gasteiger charge is -2.11. The number of anilines is 2. The summed E-state index contributed by atoms with van der Waals surface area (Å²) in [4.78, 5) is 41.6. The van der Waals surface area contributed by atoms with E-state index >= 15 is 0 Å². The predicted octanol–water partition coefficient (Wildman–Crippen LogP) is 6.13. The first-order valence-corrected chi connectivity index (χ1v) is 11.2. The van der Waals surface area contributed by atoms with Gasteiger partial charge >= 0.3 is 12.0 Å². The number of hydrogen-bond acceptors (Lipinski definition) is 5. The highest BCUT2D eigenvalue weighted by Gasteiger charge is 2.17. The zero-order chi connectivity index (χ0) is 24.9. The molecule has 0 saturated carbocycles. The van der Waals surface area contributed by atoms with Crippen LogP contribution in [0.4, 0.5) is 16.2 Å². The molecule has 0 atom stereocenters. The summed E-state index contributed by atoms with van der Waals surface area (Å²) in [6, 6.07) is 18.0. The number of halogens is 2. The molecule has 35 heavy (non-hydrogen) atoms. The van der Waals surface area contributed by atoms with Crippen molar-refractivity contribution in [1.82, 2.24) is 4.98 Å². The molecule has 0 unspecified atom stereocenters. The number of urea groups is 1. The van der Waals surface area contributed by atoms with E-state index in [4.69, 9.17) is 27.9 Å². The van der Waals surface area contributed by atoms with Gasteiger partial charge in [-0.2, -0.15) is 0 Å². The number of nitrogens with zero attached hydrogens (tertiary/aromatic N) is 1. The summed E-state index contributed by atoms with van der Waals surface area (Å²) in [5.74, 6) is -0.667. The second kappa shape index (κ2) is 10.5. The van der Waals surface area contributed by atoms with Crippen LogP contribution in [0, 0.1) is 0 Å². The molecule has 0 saturated heterocycles. The standard InChI is InChI=1S/C26H19Cl2N3O4/c1-35-23(32)12-16-14-29-24(20-5-3-2-4-19(16)20)25(33)15-6-8-17(9-7-15)30-26(34)31-18-10-11-21(27)22(28)13-18/h2-11,13-14H,12H2,1H3,(H2,30,31,34). The van der Waals surface area contributed by atoms with Crippen molar-refractivity contribution in [3.63, 3.8) is 0 Å². The van der Waals surface area contributed by atoms with Gasteiger partial charge < -0.3 is 15.4 Å². The molecule has 9 heteroatoms. The summed E-state index contributed by atoms with van der Waals surface area (Å²) >= 11 is 11.9. The van der Waals surface area contributed by atoms with Gasteiger partial charge in [-0.3, -0.25) is 14.6 Å². The number of esters is 1. The minimum atomic E-state index is -0.476. The fourth-order valence-electron chi connectivity index (χ4n) is 3.51. The van der Waals surface area contributed by atoms with E-state index in [2.05, 4.69) is 15.6 Å². The van der Waals surface area contributed by atoms with Crippen LogP contribution in [0.1, 0.15) is 21.6 Å². The highest BCUT2D eigenvalue weighted by molar-refractivity contribution is 6.42. The highest BCUT2D eigenvalue weighted by atomic mass is 35.5. The van der Waals surface area contributed by atoms with Gasteiger partial charge in [0.2, 0.25) is 5.78 Å². The summed E-state index contributed by atoms with van der Waals surface area (Å²) in [6.07, 6.45) is 1.58. The maximum absolute atomic E-state index is 13.2. The molecule has 7 nitrogen and oxygen atoms in total. The predicted molar refractivity (Wildman–Crippen MR) is 136 cm³/mol. The van der Waals surface area contributed by atoms with Crippen molar-refractivity contribution in [3.05, 3.63) is 99.8 Å². The molecule has 4 rings (SSSR count). The van der Waals surface area contributed by atoms with Gasteiger partial charge in [0, 0.05) is 28.5 Å². The Morgan fingerprint density at radius 2 is 1.51 bits per heavy atom. The highest BCUT2D eigenvalue weighted by Crippen LogP contribution is 2.26. The average Bonchev–Trinajstić information content (AvgIpc) is 2.86. The van der Waals surface area contributed by atoms with Gasteiger partial charge in [0.25, 0.3) is 0 Å².